The number of imide groups is 1. The maximum absolute atomic E-state index is 13.5. The van der Waals surface area contributed by atoms with E-state index in [1.165, 1.54) is 23.2 Å². The third-order valence-corrected chi connectivity index (χ3v) is 7.09. The molecular formula is C27H24N4O4S. The molecule has 4 amide bonds. The molecule has 0 radical (unpaired) electrons. The Hall–Kier alpha value is -4.24. The Morgan fingerprint density at radius 3 is 2.58 bits per heavy atom. The number of benzene rings is 2. The van der Waals surface area contributed by atoms with Crippen molar-refractivity contribution >= 4 is 57.2 Å². The molecule has 1 saturated heterocycles. The average molecular weight is 501 g/mol. The van der Waals surface area contributed by atoms with Crippen LogP contribution in [0.15, 0.2) is 72.2 Å². The Morgan fingerprint density at radius 1 is 1.08 bits per heavy atom. The number of para-hydroxylation sites is 1. The molecule has 1 atom stereocenters. The van der Waals surface area contributed by atoms with Crippen molar-refractivity contribution < 1.29 is 19.2 Å². The van der Waals surface area contributed by atoms with E-state index < -0.39 is 11.9 Å². The Bertz CT molecular complexity index is 1440. The van der Waals surface area contributed by atoms with Crippen LogP contribution in [0.2, 0.25) is 0 Å². The molecule has 2 aromatic carbocycles. The molecule has 4 aromatic rings. The number of anilines is 2. The molecule has 1 unspecified atom stereocenters. The van der Waals surface area contributed by atoms with Gasteiger partial charge in [-0.15, -0.1) is 11.3 Å². The van der Waals surface area contributed by atoms with E-state index in [9.17, 15) is 19.2 Å². The predicted molar refractivity (Wildman–Crippen MR) is 139 cm³/mol. The first kappa shape index (κ1) is 23.5. The Balaban J connectivity index is 1.41. The molecule has 0 saturated carbocycles. The first-order chi connectivity index (χ1) is 17.4. The van der Waals surface area contributed by atoms with Crippen molar-refractivity contribution in [3.05, 3.63) is 82.7 Å². The number of aromatic amines is 1. The van der Waals surface area contributed by atoms with Gasteiger partial charge in [-0.05, 0) is 53.8 Å². The highest BCUT2D eigenvalue weighted by molar-refractivity contribution is 7.12. The van der Waals surface area contributed by atoms with Gasteiger partial charge in [0.15, 0.2) is 0 Å². The van der Waals surface area contributed by atoms with E-state index in [2.05, 4.69) is 10.3 Å². The van der Waals surface area contributed by atoms with Crippen molar-refractivity contribution in [2.24, 2.45) is 0 Å². The minimum Gasteiger partial charge on any atom is -0.361 e. The van der Waals surface area contributed by atoms with Crippen molar-refractivity contribution in [2.75, 3.05) is 16.8 Å². The summed E-state index contributed by atoms with van der Waals surface area (Å²) in [7, 11) is 0. The van der Waals surface area contributed by atoms with Crippen LogP contribution in [0.4, 0.5) is 11.4 Å². The van der Waals surface area contributed by atoms with Crippen molar-refractivity contribution in [2.45, 2.75) is 25.8 Å². The Morgan fingerprint density at radius 2 is 1.86 bits per heavy atom. The zero-order valence-electron chi connectivity index (χ0n) is 19.6. The fraction of sp³-hybridized carbons (Fsp3) is 0.185. The van der Waals surface area contributed by atoms with Gasteiger partial charge in [-0.2, -0.15) is 0 Å². The normalized spacial score (nSPS) is 15.5. The molecule has 1 aliphatic heterocycles. The summed E-state index contributed by atoms with van der Waals surface area (Å²) in [5, 5.41) is 5.54. The highest BCUT2D eigenvalue weighted by Gasteiger charge is 2.44. The molecule has 2 aromatic heterocycles. The van der Waals surface area contributed by atoms with Crippen LogP contribution in [0, 0.1) is 0 Å². The molecule has 1 fully saturated rings. The monoisotopic (exact) mass is 500 g/mol. The molecule has 8 nitrogen and oxygen atoms in total. The quantitative estimate of drug-likeness (QED) is 0.371. The summed E-state index contributed by atoms with van der Waals surface area (Å²) in [6.45, 7) is 1.69. The van der Waals surface area contributed by atoms with Crippen LogP contribution in [0.25, 0.3) is 10.9 Å². The van der Waals surface area contributed by atoms with E-state index in [-0.39, 0.29) is 30.7 Å². The molecule has 0 aliphatic carbocycles. The third-order valence-electron chi connectivity index (χ3n) is 6.23. The van der Waals surface area contributed by atoms with E-state index in [1.54, 1.807) is 36.4 Å². The second-order valence-corrected chi connectivity index (χ2v) is 9.55. The number of H-pyrrole nitrogens is 1. The molecule has 9 heteroatoms. The third kappa shape index (κ3) is 4.52. The summed E-state index contributed by atoms with van der Waals surface area (Å²) >= 11 is 1.31. The maximum atomic E-state index is 13.5. The zero-order valence-corrected chi connectivity index (χ0v) is 20.4. The lowest BCUT2D eigenvalue weighted by molar-refractivity contribution is -0.122. The lowest BCUT2D eigenvalue weighted by Crippen LogP contribution is -2.46. The summed E-state index contributed by atoms with van der Waals surface area (Å²) in [6.07, 6.45) is 2.37. The van der Waals surface area contributed by atoms with Crippen LogP contribution >= 0.6 is 11.3 Å². The van der Waals surface area contributed by atoms with E-state index >= 15 is 0 Å². The van der Waals surface area contributed by atoms with Crippen LogP contribution in [-0.4, -0.2) is 46.1 Å². The fourth-order valence-corrected chi connectivity index (χ4v) is 5.23. The molecule has 1 aliphatic rings. The topological polar surface area (TPSA) is 103 Å². The van der Waals surface area contributed by atoms with Crippen LogP contribution in [0.5, 0.6) is 0 Å². The number of aromatic nitrogens is 1. The number of hydrogen-bond donors (Lipinski definition) is 2. The van der Waals surface area contributed by atoms with Crippen molar-refractivity contribution in [1.29, 1.82) is 0 Å². The van der Waals surface area contributed by atoms with Gasteiger partial charge in [0, 0.05) is 36.3 Å². The number of carbonyl (C=O) groups excluding carboxylic acids is 4. The second kappa shape index (κ2) is 9.79. The summed E-state index contributed by atoms with van der Waals surface area (Å²) < 4.78 is 0. The average Bonchev–Trinajstić information content (AvgIpc) is 3.60. The molecule has 5 rings (SSSR count). The zero-order chi connectivity index (χ0) is 25.2. The Labute approximate surface area is 211 Å². The van der Waals surface area contributed by atoms with Gasteiger partial charge in [-0.1, -0.05) is 24.3 Å². The van der Waals surface area contributed by atoms with Gasteiger partial charge in [0.25, 0.3) is 11.8 Å². The SMILES string of the molecule is CC(=O)Nc1ccc(N2C(=O)CC(N(CCc3c[nH]c4ccccc34)C(=O)c3cccs3)C2=O)cc1. The van der Waals surface area contributed by atoms with E-state index in [0.29, 0.717) is 22.7 Å². The summed E-state index contributed by atoms with van der Waals surface area (Å²) in [4.78, 5) is 57.7. The smallest absolute Gasteiger partial charge is 0.264 e. The first-order valence-corrected chi connectivity index (χ1v) is 12.4. The molecule has 3 heterocycles. The highest BCUT2D eigenvalue weighted by Crippen LogP contribution is 2.29. The van der Waals surface area contributed by atoms with Crippen LogP contribution in [-0.2, 0) is 20.8 Å². The van der Waals surface area contributed by atoms with E-state index in [1.807, 2.05) is 35.8 Å². The largest absolute Gasteiger partial charge is 0.361 e. The second-order valence-electron chi connectivity index (χ2n) is 8.60. The van der Waals surface area contributed by atoms with Crippen LogP contribution in [0.3, 0.4) is 0 Å². The van der Waals surface area contributed by atoms with Crippen LogP contribution < -0.4 is 10.2 Å². The first-order valence-electron chi connectivity index (χ1n) is 11.6. The van der Waals surface area contributed by atoms with Gasteiger partial charge in [0.2, 0.25) is 11.8 Å². The number of hydrogen-bond acceptors (Lipinski definition) is 5. The van der Waals surface area contributed by atoms with Crippen LogP contribution in [0.1, 0.15) is 28.6 Å². The van der Waals surface area contributed by atoms with Gasteiger partial charge in [0.05, 0.1) is 17.0 Å². The minimum atomic E-state index is -0.896. The number of nitrogens with zero attached hydrogens (tertiary/aromatic N) is 2. The number of fused-ring (bicyclic) bond motifs is 1. The number of carbonyl (C=O) groups is 4. The fourth-order valence-electron chi connectivity index (χ4n) is 4.55. The lowest BCUT2D eigenvalue weighted by Gasteiger charge is -2.27. The summed E-state index contributed by atoms with van der Waals surface area (Å²) in [6, 6.07) is 17.0. The highest BCUT2D eigenvalue weighted by atomic mass is 32.1. The molecular weight excluding hydrogens is 476 g/mol. The summed E-state index contributed by atoms with van der Waals surface area (Å²) in [5.74, 6) is -1.28. The van der Waals surface area contributed by atoms with Crippen molar-refractivity contribution in [3.8, 4) is 0 Å². The van der Waals surface area contributed by atoms with Gasteiger partial charge in [-0.3, -0.25) is 19.2 Å². The number of thiophene rings is 1. The molecule has 182 valence electrons. The minimum absolute atomic E-state index is 0.0860. The van der Waals surface area contributed by atoms with Gasteiger partial charge >= 0.3 is 0 Å². The van der Waals surface area contributed by atoms with E-state index in [0.717, 1.165) is 21.4 Å². The van der Waals surface area contributed by atoms with Crippen molar-refractivity contribution in [3.63, 3.8) is 0 Å². The van der Waals surface area contributed by atoms with Crippen molar-refractivity contribution in [1.82, 2.24) is 9.88 Å². The van der Waals surface area contributed by atoms with Gasteiger partial charge in [-0.25, -0.2) is 4.90 Å². The maximum Gasteiger partial charge on any atom is 0.264 e. The predicted octanol–water partition coefficient (Wildman–Crippen LogP) is 4.20. The number of nitrogens with one attached hydrogen (secondary N) is 2. The molecule has 2 N–H and O–H groups in total. The van der Waals surface area contributed by atoms with Gasteiger partial charge in [0.1, 0.15) is 6.04 Å². The lowest BCUT2D eigenvalue weighted by atomic mass is 10.1. The number of rotatable bonds is 7. The Kier molecular flexibility index (Phi) is 6.39. The molecule has 36 heavy (non-hydrogen) atoms. The van der Waals surface area contributed by atoms with E-state index in [4.69, 9.17) is 0 Å². The standard InChI is InChI=1S/C27H24N4O4S/c1-17(32)29-19-8-10-20(11-9-19)31-25(33)15-23(26(31)34)30(27(35)24-7-4-14-36-24)13-12-18-16-28-22-6-3-2-5-21(18)22/h2-11,14,16,23,28H,12-13,15H2,1H3,(H,29,32). The summed E-state index contributed by atoms with van der Waals surface area (Å²) in [5.41, 5.74) is 3.01. The van der Waals surface area contributed by atoms with Gasteiger partial charge < -0.3 is 15.2 Å². The molecule has 0 spiro atoms. The number of amides is 4. The molecule has 0 bridgehead atoms.